The zero-order valence-corrected chi connectivity index (χ0v) is 21.4. The number of rotatable bonds is 6. The first-order chi connectivity index (χ1) is 16.8. The van der Waals surface area contributed by atoms with Crippen molar-refractivity contribution in [3.63, 3.8) is 0 Å². The van der Waals surface area contributed by atoms with Gasteiger partial charge >= 0.3 is 0 Å². The highest BCUT2D eigenvalue weighted by molar-refractivity contribution is 7.93. The third-order valence-corrected chi connectivity index (χ3v) is 8.84. The van der Waals surface area contributed by atoms with E-state index in [-0.39, 0.29) is 15.9 Å². The summed E-state index contributed by atoms with van der Waals surface area (Å²) in [5.74, 6) is 0.931. The second-order valence-electron chi connectivity index (χ2n) is 9.79. The first-order valence-corrected chi connectivity index (χ1v) is 14.0. The molecule has 1 fully saturated rings. The number of sulfonamides is 1. The number of nitrogens with one attached hydrogen (secondary N) is 2. The molecule has 186 valence electrons. The fourth-order valence-electron chi connectivity index (χ4n) is 5.18. The Morgan fingerprint density at radius 2 is 1.91 bits per heavy atom. The fraction of sp³-hybridized carbons (Fsp3) is 0.440. The van der Waals surface area contributed by atoms with Gasteiger partial charge in [0.05, 0.1) is 4.90 Å². The largest absolute Gasteiger partial charge is 0.487 e. The SMILES string of the molecule is CC1(C)C[C@@H](c2ccc(CF)cc2C2CCNCC2)c2ccc(S(=O)(=O)Nc3ncns3)cc2O1. The molecule has 0 unspecified atom stereocenters. The highest BCUT2D eigenvalue weighted by Crippen LogP contribution is 2.47. The van der Waals surface area contributed by atoms with Gasteiger partial charge in [0.25, 0.3) is 10.0 Å². The number of ether oxygens (including phenoxy) is 1. The Balaban J connectivity index is 1.56. The number of anilines is 1. The van der Waals surface area contributed by atoms with E-state index in [9.17, 15) is 12.8 Å². The zero-order valence-electron chi connectivity index (χ0n) is 19.8. The number of alkyl halides is 1. The number of hydrogen-bond acceptors (Lipinski definition) is 7. The van der Waals surface area contributed by atoms with Crippen LogP contribution in [0.2, 0.25) is 0 Å². The van der Waals surface area contributed by atoms with E-state index in [4.69, 9.17) is 4.74 Å². The minimum absolute atomic E-state index is 0.0140. The third-order valence-electron chi connectivity index (χ3n) is 6.80. The summed E-state index contributed by atoms with van der Waals surface area (Å²) < 4.78 is 52.1. The number of hydrogen-bond donors (Lipinski definition) is 2. The van der Waals surface area contributed by atoms with Gasteiger partial charge in [0.2, 0.25) is 5.13 Å². The molecular weight excluding hydrogens is 487 g/mol. The number of aromatic nitrogens is 2. The van der Waals surface area contributed by atoms with Gasteiger partial charge in [-0.15, -0.1) is 0 Å². The lowest BCUT2D eigenvalue weighted by molar-refractivity contribution is 0.0769. The Morgan fingerprint density at radius 3 is 2.63 bits per heavy atom. The second kappa shape index (κ2) is 9.48. The van der Waals surface area contributed by atoms with Crippen molar-refractivity contribution in [2.24, 2.45) is 0 Å². The van der Waals surface area contributed by atoms with Crippen LogP contribution in [0.5, 0.6) is 5.75 Å². The molecule has 1 aromatic heterocycles. The van der Waals surface area contributed by atoms with Gasteiger partial charge in [0, 0.05) is 29.1 Å². The summed E-state index contributed by atoms with van der Waals surface area (Å²) in [5.41, 5.74) is 3.51. The molecule has 2 N–H and O–H groups in total. The molecule has 0 amide bonds. The van der Waals surface area contributed by atoms with Crippen molar-refractivity contribution in [3.05, 3.63) is 65.0 Å². The number of halogens is 1. The molecule has 10 heteroatoms. The summed E-state index contributed by atoms with van der Waals surface area (Å²) >= 11 is 0.975. The summed E-state index contributed by atoms with van der Waals surface area (Å²) in [6, 6.07) is 11.0. The van der Waals surface area contributed by atoms with Crippen LogP contribution in [0, 0.1) is 0 Å². The molecule has 0 bridgehead atoms. The highest BCUT2D eigenvalue weighted by atomic mass is 32.2. The van der Waals surface area contributed by atoms with Crippen LogP contribution in [0.4, 0.5) is 9.52 Å². The quantitative estimate of drug-likeness (QED) is 0.481. The van der Waals surface area contributed by atoms with Crippen molar-refractivity contribution < 1.29 is 17.5 Å². The van der Waals surface area contributed by atoms with E-state index < -0.39 is 22.3 Å². The maximum absolute atomic E-state index is 13.6. The Bertz CT molecular complexity index is 1310. The molecule has 2 aromatic carbocycles. The molecule has 1 atom stereocenters. The van der Waals surface area contributed by atoms with Gasteiger partial charge in [0.15, 0.2) is 0 Å². The van der Waals surface area contributed by atoms with Gasteiger partial charge in [0.1, 0.15) is 24.4 Å². The van der Waals surface area contributed by atoms with Gasteiger partial charge in [-0.1, -0.05) is 24.3 Å². The number of fused-ring (bicyclic) bond motifs is 1. The van der Waals surface area contributed by atoms with E-state index in [0.717, 1.165) is 49.4 Å². The van der Waals surface area contributed by atoms with Crippen LogP contribution in [-0.4, -0.2) is 36.5 Å². The number of benzene rings is 2. The lowest BCUT2D eigenvalue weighted by Crippen LogP contribution is -2.36. The molecule has 0 saturated carbocycles. The molecule has 0 spiro atoms. The smallest absolute Gasteiger partial charge is 0.263 e. The highest BCUT2D eigenvalue weighted by Gasteiger charge is 2.37. The van der Waals surface area contributed by atoms with Crippen molar-refractivity contribution in [1.82, 2.24) is 14.7 Å². The van der Waals surface area contributed by atoms with Crippen LogP contribution in [-0.2, 0) is 16.7 Å². The topological polar surface area (TPSA) is 93.2 Å². The molecule has 0 aliphatic carbocycles. The molecule has 5 rings (SSSR count). The summed E-state index contributed by atoms with van der Waals surface area (Å²) in [7, 11) is -3.84. The molecule has 3 aromatic rings. The van der Waals surface area contributed by atoms with E-state index >= 15 is 0 Å². The predicted molar refractivity (Wildman–Crippen MR) is 134 cm³/mol. The van der Waals surface area contributed by atoms with Crippen LogP contribution in [0.25, 0.3) is 0 Å². The summed E-state index contributed by atoms with van der Waals surface area (Å²) in [6.07, 6.45) is 4.06. The summed E-state index contributed by atoms with van der Waals surface area (Å²) in [4.78, 5) is 4.02. The van der Waals surface area contributed by atoms with Crippen LogP contribution in [0.15, 0.2) is 47.6 Å². The molecule has 0 radical (unpaired) electrons. The van der Waals surface area contributed by atoms with Gasteiger partial charge < -0.3 is 10.1 Å². The molecule has 7 nitrogen and oxygen atoms in total. The average Bonchev–Trinajstić information content (AvgIpc) is 3.35. The minimum Gasteiger partial charge on any atom is -0.487 e. The van der Waals surface area contributed by atoms with Crippen molar-refractivity contribution in [3.8, 4) is 5.75 Å². The molecule has 2 aliphatic rings. The van der Waals surface area contributed by atoms with E-state index in [0.29, 0.717) is 17.2 Å². The van der Waals surface area contributed by atoms with Crippen molar-refractivity contribution in [2.75, 3.05) is 17.8 Å². The Hall–Kier alpha value is -2.56. The molecule has 3 heterocycles. The van der Waals surface area contributed by atoms with Crippen LogP contribution in [0.1, 0.15) is 67.2 Å². The Labute approximate surface area is 209 Å². The number of nitrogens with zero attached hydrogens (tertiary/aromatic N) is 2. The lowest BCUT2D eigenvalue weighted by Gasteiger charge is -2.39. The van der Waals surface area contributed by atoms with E-state index in [1.54, 1.807) is 12.1 Å². The second-order valence-corrected chi connectivity index (χ2v) is 12.3. The molecule has 35 heavy (non-hydrogen) atoms. The van der Waals surface area contributed by atoms with Gasteiger partial charge in [-0.05, 0) is 74.9 Å². The van der Waals surface area contributed by atoms with E-state index in [1.165, 1.54) is 17.5 Å². The Kier molecular flexibility index (Phi) is 6.54. The van der Waals surface area contributed by atoms with Crippen molar-refractivity contribution in [1.29, 1.82) is 0 Å². The maximum atomic E-state index is 13.6. The standard InChI is InChI=1S/C25H29FN4O3S2/c1-25(2)13-22(19-5-3-16(14-26)11-21(19)17-7-9-27-10-8-17)20-6-4-18(12-23(20)33-25)35(31,32)30-24-28-15-29-34-24/h3-6,11-12,15,17,22,27H,7-10,13-14H2,1-2H3,(H,28,29,30)/t22-/m0/s1. The zero-order chi connectivity index (χ0) is 24.6. The van der Waals surface area contributed by atoms with Crippen LogP contribution in [0.3, 0.4) is 0 Å². The summed E-state index contributed by atoms with van der Waals surface area (Å²) in [6.45, 7) is 5.44. The van der Waals surface area contributed by atoms with Crippen LogP contribution < -0.4 is 14.8 Å². The number of piperidine rings is 1. The first-order valence-electron chi connectivity index (χ1n) is 11.8. The van der Waals surface area contributed by atoms with Crippen LogP contribution >= 0.6 is 11.5 Å². The average molecular weight is 517 g/mol. The van der Waals surface area contributed by atoms with Gasteiger partial charge in [-0.3, -0.25) is 4.72 Å². The molecule has 2 aliphatic heterocycles. The van der Waals surface area contributed by atoms with Crippen molar-refractivity contribution >= 4 is 26.7 Å². The van der Waals surface area contributed by atoms with Gasteiger partial charge in [-0.2, -0.15) is 4.37 Å². The Morgan fingerprint density at radius 1 is 1.14 bits per heavy atom. The molecular formula is C25H29FN4O3S2. The monoisotopic (exact) mass is 516 g/mol. The van der Waals surface area contributed by atoms with Crippen molar-refractivity contribution in [2.45, 2.75) is 62.1 Å². The normalized spacial score (nSPS) is 20.1. The van der Waals surface area contributed by atoms with E-state index in [2.05, 4.69) is 25.5 Å². The predicted octanol–water partition coefficient (Wildman–Crippen LogP) is 4.97. The fourth-order valence-corrected chi connectivity index (χ4v) is 6.86. The maximum Gasteiger partial charge on any atom is 0.263 e. The summed E-state index contributed by atoms with van der Waals surface area (Å²) in [5, 5.41) is 3.62. The van der Waals surface area contributed by atoms with Gasteiger partial charge in [-0.25, -0.2) is 17.8 Å². The third kappa shape index (κ3) is 5.05. The first kappa shape index (κ1) is 24.1. The minimum atomic E-state index is -3.84. The van der Waals surface area contributed by atoms with E-state index in [1.807, 2.05) is 32.0 Å². The lowest BCUT2D eigenvalue weighted by atomic mass is 9.75. The molecule has 1 saturated heterocycles.